The Hall–Kier alpha value is -0.780. The van der Waals surface area contributed by atoms with E-state index in [1.54, 1.807) is 0 Å². The zero-order valence-electron chi connectivity index (χ0n) is 7.59. The van der Waals surface area contributed by atoms with Crippen LogP contribution in [0.4, 0.5) is 0 Å². The van der Waals surface area contributed by atoms with Crippen LogP contribution < -0.4 is 0 Å². The molecule has 1 atom stereocenters. The van der Waals surface area contributed by atoms with Crippen molar-refractivity contribution in [3.63, 3.8) is 0 Å². The number of rotatable bonds is 2. The number of hydrogen-bond donors (Lipinski definition) is 0. The standard InChI is InChI=1S/C11H16/c1-4-9(2)10(3)11-7-5-6-8-11/h5-9H,4H2,1-3H3. The van der Waals surface area contributed by atoms with E-state index in [1.807, 2.05) is 0 Å². The van der Waals surface area contributed by atoms with Gasteiger partial charge >= 0.3 is 0 Å². The average Bonchev–Trinajstić information content (AvgIpc) is 2.53. The molecule has 0 saturated heterocycles. The van der Waals surface area contributed by atoms with Gasteiger partial charge in [0.2, 0.25) is 0 Å². The van der Waals surface area contributed by atoms with Crippen molar-refractivity contribution in [3.8, 4) is 0 Å². The summed E-state index contributed by atoms with van der Waals surface area (Å²) < 4.78 is 0. The topological polar surface area (TPSA) is 0 Å². The van der Waals surface area contributed by atoms with E-state index in [9.17, 15) is 0 Å². The second-order valence-corrected chi connectivity index (χ2v) is 3.17. The minimum Gasteiger partial charge on any atom is -0.0648 e. The van der Waals surface area contributed by atoms with Gasteiger partial charge < -0.3 is 0 Å². The minimum atomic E-state index is 0.720. The molecule has 0 bridgehead atoms. The van der Waals surface area contributed by atoms with Gasteiger partial charge in [-0.2, -0.15) is 0 Å². The predicted molar refractivity (Wildman–Crippen MR) is 50.4 cm³/mol. The highest BCUT2D eigenvalue weighted by atomic mass is 14.1. The fourth-order valence-electron chi connectivity index (χ4n) is 1.23. The molecule has 0 aromatic rings. The molecule has 0 nitrogen and oxygen atoms in total. The van der Waals surface area contributed by atoms with Gasteiger partial charge in [0.15, 0.2) is 0 Å². The van der Waals surface area contributed by atoms with E-state index < -0.39 is 0 Å². The van der Waals surface area contributed by atoms with E-state index in [1.165, 1.54) is 17.6 Å². The van der Waals surface area contributed by atoms with Gasteiger partial charge in [-0.05, 0) is 24.8 Å². The normalized spacial score (nSPS) is 17.5. The molecular weight excluding hydrogens is 132 g/mol. The first-order valence-corrected chi connectivity index (χ1v) is 4.31. The van der Waals surface area contributed by atoms with Gasteiger partial charge in [-0.25, -0.2) is 0 Å². The van der Waals surface area contributed by atoms with Gasteiger partial charge in [-0.3, -0.25) is 0 Å². The summed E-state index contributed by atoms with van der Waals surface area (Å²) in [5, 5.41) is 0. The van der Waals surface area contributed by atoms with Crippen LogP contribution in [-0.4, -0.2) is 0 Å². The highest BCUT2D eigenvalue weighted by Crippen LogP contribution is 2.21. The molecule has 0 heteroatoms. The Morgan fingerprint density at radius 3 is 2.36 bits per heavy atom. The molecular formula is C11H16. The van der Waals surface area contributed by atoms with Crippen LogP contribution in [0.1, 0.15) is 27.2 Å². The maximum atomic E-state index is 2.28. The average molecular weight is 148 g/mol. The molecule has 11 heavy (non-hydrogen) atoms. The summed E-state index contributed by atoms with van der Waals surface area (Å²) >= 11 is 0. The van der Waals surface area contributed by atoms with Crippen LogP contribution in [0.3, 0.4) is 0 Å². The maximum Gasteiger partial charge on any atom is -0.0228 e. The van der Waals surface area contributed by atoms with Crippen LogP contribution in [0.25, 0.3) is 0 Å². The first-order chi connectivity index (χ1) is 5.25. The van der Waals surface area contributed by atoms with Gasteiger partial charge in [0.25, 0.3) is 0 Å². The molecule has 0 saturated carbocycles. The summed E-state index contributed by atoms with van der Waals surface area (Å²) in [7, 11) is 0. The third-order valence-corrected chi connectivity index (χ3v) is 2.47. The zero-order valence-corrected chi connectivity index (χ0v) is 7.59. The lowest BCUT2D eigenvalue weighted by Gasteiger charge is -2.10. The second-order valence-electron chi connectivity index (χ2n) is 3.17. The molecule has 1 unspecified atom stereocenters. The maximum absolute atomic E-state index is 2.28. The van der Waals surface area contributed by atoms with Crippen LogP contribution in [0.5, 0.6) is 0 Å². The van der Waals surface area contributed by atoms with Crippen molar-refractivity contribution in [2.75, 3.05) is 0 Å². The lowest BCUT2D eigenvalue weighted by Crippen LogP contribution is -1.95. The highest BCUT2D eigenvalue weighted by Gasteiger charge is 2.05. The fraction of sp³-hybridized carbons (Fsp3) is 0.455. The summed E-state index contributed by atoms with van der Waals surface area (Å²) in [6, 6.07) is 0. The van der Waals surface area contributed by atoms with Gasteiger partial charge in [0.05, 0.1) is 0 Å². The Bertz CT molecular complexity index is 202. The Morgan fingerprint density at radius 2 is 1.91 bits per heavy atom. The van der Waals surface area contributed by atoms with E-state index in [0.717, 1.165) is 5.92 Å². The minimum absolute atomic E-state index is 0.720. The smallest absolute Gasteiger partial charge is 0.0228 e. The van der Waals surface area contributed by atoms with E-state index in [-0.39, 0.29) is 0 Å². The van der Waals surface area contributed by atoms with E-state index in [2.05, 4.69) is 45.1 Å². The third-order valence-electron chi connectivity index (χ3n) is 2.47. The number of hydrogen-bond acceptors (Lipinski definition) is 0. The van der Waals surface area contributed by atoms with Crippen molar-refractivity contribution in [3.05, 3.63) is 35.5 Å². The van der Waals surface area contributed by atoms with Crippen LogP contribution in [0.15, 0.2) is 35.5 Å². The number of allylic oxidation sites excluding steroid dienone is 6. The van der Waals surface area contributed by atoms with E-state index in [4.69, 9.17) is 0 Å². The van der Waals surface area contributed by atoms with Gasteiger partial charge in [-0.1, -0.05) is 43.7 Å². The molecule has 0 amide bonds. The molecule has 60 valence electrons. The van der Waals surface area contributed by atoms with Crippen LogP contribution in [0, 0.1) is 5.92 Å². The van der Waals surface area contributed by atoms with E-state index in [0.29, 0.717) is 0 Å². The van der Waals surface area contributed by atoms with Crippen molar-refractivity contribution in [2.45, 2.75) is 27.2 Å². The molecule has 1 rings (SSSR count). The molecule has 0 aromatic heterocycles. The van der Waals surface area contributed by atoms with Crippen molar-refractivity contribution >= 4 is 0 Å². The molecule has 0 aliphatic heterocycles. The van der Waals surface area contributed by atoms with Gasteiger partial charge in [-0.15, -0.1) is 0 Å². The summed E-state index contributed by atoms with van der Waals surface area (Å²) in [5.74, 6) is 0.720. The van der Waals surface area contributed by atoms with Crippen molar-refractivity contribution in [2.24, 2.45) is 5.92 Å². The van der Waals surface area contributed by atoms with Crippen molar-refractivity contribution < 1.29 is 0 Å². The SMILES string of the molecule is CCC(C)C(C)=C1C=CC=C1. The summed E-state index contributed by atoms with van der Waals surface area (Å²) in [6.45, 7) is 6.74. The lowest BCUT2D eigenvalue weighted by atomic mass is 9.96. The zero-order chi connectivity index (χ0) is 8.27. The van der Waals surface area contributed by atoms with Crippen LogP contribution >= 0.6 is 0 Å². The highest BCUT2D eigenvalue weighted by molar-refractivity contribution is 5.43. The monoisotopic (exact) mass is 148 g/mol. The second kappa shape index (κ2) is 3.56. The summed E-state index contributed by atoms with van der Waals surface area (Å²) in [6.07, 6.45) is 9.79. The molecule has 0 spiro atoms. The Labute approximate surface area is 69.3 Å². The summed E-state index contributed by atoms with van der Waals surface area (Å²) in [5.41, 5.74) is 2.91. The molecule has 0 heterocycles. The molecule has 0 aromatic carbocycles. The Morgan fingerprint density at radius 1 is 1.36 bits per heavy atom. The first-order valence-electron chi connectivity index (χ1n) is 4.31. The lowest BCUT2D eigenvalue weighted by molar-refractivity contribution is 0.652. The quantitative estimate of drug-likeness (QED) is 0.562. The Balaban J connectivity index is 2.78. The van der Waals surface area contributed by atoms with Gasteiger partial charge in [0, 0.05) is 0 Å². The molecule has 0 N–H and O–H groups in total. The van der Waals surface area contributed by atoms with Crippen molar-refractivity contribution in [1.29, 1.82) is 0 Å². The molecule has 0 fully saturated rings. The van der Waals surface area contributed by atoms with Gasteiger partial charge in [0.1, 0.15) is 0 Å². The molecule has 0 radical (unpaired) electrons. The molecule has 1 aliphatic rings. The molecule has 1 aliphatic carbocycles. The summed E-state index contributed by atoms with van der Waals surface area (Å²) in [4.78, 5) is 0. The largest absolute Gasteiger partial charge is 0.0648 e. The van der Waals surface area contributed by atoms with Crippen LogP contribution in [0.2, 0.25) is 0 Å². The first kappa shape index (κ1) is 8.32. The third kappa shape index (κ3) is 1.83. The van der Waals surface area contributed by atoms with E-state index >= 15 is 0 Å². The predicted octanol–water partition coefficient (Wildman–Crippen LogP) is 3.48. The van der Waals surface area contributed by atoms with Crippen molar-refractivity contribution in [1.82, 2.24) is 0 Å². The Kier molecular flexibility index (Phi) is 2.70. The van der Waals surface area contributed by atoms with Crippen LogP contribution in [-0.2, 0) is 0 Å². The fourth-order valence-corrected chi connectivity index (χ4v) is 1.23.